The zero-order valence-corrected chi connectivity index (χ0v) is 26.5. The van der Waals surface area contributed by atoms with Gasteiger partial charge in [0.2, 0.25) is 5.91 Å². The summed E-state index contributed by atoms with van der Waals surface area (Å²) in [5.41, 5.74) is 3.67. The number of aromatic nitrogens is 3. The average Bonchev–Trinajstić information content (AvgIpc) is 3.60. The van der Waals surface area contributed by atoms with E-state index < -0.39 is 5.83 Å². The van der Waals surface area contributed by atoms with E-state index >= 15 is 4.39 Å². The summed E-state index contributed by atoms with van der Waals surface area (Å²) in [5, 5.41) is 15.1. The van der Waals surface area contributed by atoms with Gasteiger partial charge in [-0.25, -0.2) is 13.8 Å². The Bertz CT molecular complexity index is 1590. The van der Waals surface area contributed by atoms with Crippen LogP contribution >= 0.6 is 11.3 Å². The molecule has 0 unspecified atom stereocenters. The highest BCUT2D eigenvalue weighted by atomic mass is 32.1. The van der Waals surface area contributed by atoms with Crippen molar-refractivity contribution < 1.29 is 13.6 Å². The maximum atomic E-state index is 15.1. The smallest absolute Gasteiger partial charge is 0.225 e. The Balaban J connectivity index is 1.41. The molecule has 1 amide bonds. The second-order valence-electron chi connectivity index (χ2n) is 11.3. The van der Waals surface area contributed by atoms with Crippen molar-refractivity contribution in [3.63, 3.8) is 0 Å². The van der Waals surface area contributed by atoms with Crippen molar-refractivity contribution in [1.29, 1.82) is 5.26 Å². The molecule has 12 heteroatoms. The molecule has 4 heterocycles. The molecule has 44 heavy (non-hydrogen) atoms. The van der Waals surface area contributed by atoms with E-state index in [1.54, 1.807) is 22.9 Å². The van der Waals surface area contributed by atoms with Crippen molar-refractivity contribution in [2.75, 3.05) is 58.3 Å². The average molecular weight is 621 g/mol. The van der Waals surface area contributed by atoms with Crippen LogP contribution in [0.15, 0.2) is 42.4 Å². The number of thiazole rings is 1. The van der Waals surface area contributed by atoms with E-state index in [9.17, 15) is 14.4 Å². The molecule has 0 saturated carbocycles. The Kier molecular flexibility index (Phi) is 9.46. The summed E-state index contributed by atoms with van der Waals surface area (Å²) in [4.78, 5) is 26.3. The number of piperazine rings is 1. The molecule has 9 nitrogen and oxygen atoms in total. The Morgan fingerprint density at radius 3 is 2.36 bits per heavy atom. The van der Waals surface area contributed by atoms with Crippen molar-refractivity contribution >= 4 is 34.1 Å². The highest BCUT2D eigenvalue weighted by Gasteiger charge is 2.31. The van der Waals surface area contributed by atoms with Crippen LogP contribution in [0.5, 0.6) is 0 Å². The Hall–Kier alpha value is -4.08. The zero-order valence-electron chi connectivity index (χ0n) is 25.7. The van der Waals surface area contributed by atoms with Crippen molar-refractivity contribution in [2.45, 2.75) is 26.2 Å². The third-order valence-corrected chi connectivity index (χ3v) is 9.52. The number of aryl methyl sites for hydroxylation is 2. The number of rotatable bonds is 8. The molecule has 5 rings (SSSR count). The summed E-state index contributed by atoms with van der Waals surface area (Å²) in [7, 11) is 5.74. The summed E-state index contributed by atoms with van der Waals surface area (Å²) in [5.74, 6) is -0.673. The van der Waals surface area contributed by atoms with Crippen molar-refractivity contribution in [3.8, 4) is 17.3 Å². The van der Waals surface area contributed by atoms with Crippen LogP contribution in [0.3, 0.4) is 0 Å². The minimum atomic E-state index is -0.562. The van der Waals surface area contributed by atoms with E-state index in [4.69, 9.17) is 10.1 Å². The van der Waals surface area contributed by atoms with Gasteiger partial charge in [0.05, 0.1) is 22.8 Å². The number of carbonyl (C=O) groups is 1. The number of likely N-dealkylation sites (tertiary alicyclic amines) is 1. The standard InChI is InChI=1S/C32H38F2N8OS/c1-6-25-30(39(4)32-36-29(28(20-35)44-32)22-7-9-24(34)10-8-22)27(40(5)37-25)19-26(21(2)33)41-15-17-42(18-16-41)31(43)23-11-13-38(3)14-12-23/h7-10,19,23H,2,6,11-18H2,1,3-5H3/b26-19+. The maximum Gasteiger partial charge on any atom is 0.225 e. The minimum Gasteiger partial charge on any atom is -0.366 e. The van der Waals surface area contributed by atoms with Gasteiger partial charge in [0.25, 0.3) is 0 Å². The Morgan fingerprint density at radius 1 is 1.14 bits per heavy atom. The van der Waals surface area contributed by atoms with Gasteiger partial charge >= 0.3 is 0 Å². The molecule has 1 aromatic carbocycles. The fraction of sp³-hybridized carbons (Fsp3) is 0.438. The number of nitrogens with zero attached hydrogens (tertiary/aromatic N) is 8. The first-order valence-electron chi connectivity index (χ1n) is 14.9. The summed E-state index contributed by atoms with van der Waals surface area (Å²) in [6.07, 6.45) is 4.12. The van der Waals surface area contributed by atoms with Crippen LogP contribution in [0.1, 0.15) is 36.0 Å². The molecule has 0 aliphatic carbocycles. The van der Waals surface area contributed by atoms with Crippen LogP contribution in [-0.2, 0) is 18.3 Å². The molecule has 2 fully saturated rings. The summed E-state index contributed by atoms with van der Waals surface area (Å²) in [6, 6.07) is 8.10. The number of halogens is 2. The first kappa shape index (κ1) is 31.3. The number of amides is 1. The lowest BCUT2D eigenvalue weighted by Crippen LogP contribution is -2.51. The normalized spacial score (nSPS) is 16.7. The van der Waals surface area contributed by atoms with Crippen molar-refractivity contribution in [3.05, 3.63) is 64.5 Å². The highest BCUT2D eigenvalue weighted by molar-refractivity contribution is 7.16. The first-order chi connectivity index (χ1) is 21.1. The molecule has 2 aliphatic heterocycles. The number of hydrogen-bond acceptors (Lipinski definition) is 8. The molecule has 3 aromatic rings. The van der Waals surface area contributed by atoms with E-state index in [-0.39, 0.29) is 17.6 Å². The topological polar surface area (TPSA) is 84.5 Å². The van der Waals surface area contributed by atoms with Gasteiger partial charge in [0, 0.05) is 51.8 Å². The monoisotopic (exact) mass is 620 g/mol. The molecule has 0 radical (unpaired) electrons. The summed E-state index contributed by atoms with van der Waals surface area (Å²) in [6.45, 7) is 9.53. The van der Waals surface area contributed by atoms with E-state index in [2.05, 4.69) is 24.6 Å². The lowest BCUT2D eigenvalue weighted by atomic mass is 9.95. The van der Waals surface area contributed by atoms with Gasteiger partial charge in [-0.2, -0.15) is 10.4 Å². The maximum absolute atomic E-state index is 15.1. The van der Waals surface area contributed by atoms with Gasteiger partial charge in [0.15, 0.2) is 5.13 Å². The lowest BCUT2D eigenvalue weighted by molar-refractivity contribution is -0.138. The van der Waals surface area contributed by atoms with Crippen molar-refractivity contribution in [2.24, 2.45) is 13.0 Å². The van der Waals surface area contributed by atoms with E-state index in [0.717, 1.165) is 37.3 Å². The molecule has 0 spiro atoms. The number of allylic oxidation sites excluding steroid dienone is 1. The van der Waals surface area contributed by atoms with Gasteiger partial charge in [-0.1, -0.05) is 24.8 Å². The second-order valence-corrected chi connectivity index (χ2v) is 12.3. The molecule has 0 atom stereocenters. The third-order valence-electron chi connectivity index (χ3n) is 8.48. The van der Waals surface area contributed by atoms with Gasteiger partial charge in [-0.05, 0) is 69.7 Å². The number of hydrogen-bond donors (Lipinski definition) is 0. The molecule has 232 valence electrons. The van der Waals surface area contributed by atoms with Gasteiger partial charge in [-0.3, -0.25) is 9.48 Å². The highest BCUT2D eigenvalue weighted by Crippen LogP contribution is 2.39. The molecular formula is C32H38F2N8OS. The van der Waals surface area contributed by atoms with Crippen LogP contribution in [0.2, 0.25) is 0 Å². The van der Waals surface area contributed by atoms with E-state index in [0.29, 0.717) is 65.3 Å². The van der Waals surface area contributed by atoms with Gasteiger partial charge in [-0.15, -0.1) is 0 Å². The number of carbonyl (C=O) groups excluding carboxylic acids is 1. The fourth-order valence-electron chi connectivity index (χ4n) is 5.93. The molecule has 0 N–H and O–H groups in total. The molecule has 2 aliphatic rings. The fourth-order valence-corrected chi connectivity index (χ4v) is 6.78. The first-order valence-corrected chi connectivity index (χ1v) is 15.7. The Morgan fingerprint density at radius 2 is 1.77 bits per heavy atom. The molecule has 2 aromatic heterocycles. The van der Waals surface area contributed by atoms with Crippen LogP contribution in [0, 0.1) is 23.1 Å². The van der Waals surface area contributed by atoms with Gasteiger partial charge < -0.3 is 19.6 Å². The Labute approximate surface area is 261 Å². The molecular weight excluding hydrogens is 582 g/mol. The van der Waals surface area contributed by atoms with E-state index in [1.807, 2.05) is 35.7 Å². The second kappa shape index (κ2) is 13.3. The number of nitriles is 1. The summed E-state index contributed by atoms with van der Waals surface area (Å²) >= 11 is 1.23. The number of anilines is 2. The van der Waals surface area contributed by atoms with Crippen LogP contribution in [-0.4, -0.2) is 88.7 Å². The van der Waals surface area contributed by atoms with Gasteiger partial charge in [0.1, 0.15) is 28.3 Å². The van der Waals surface area contributed by atoms with Crippen LogP contribution < -0.4 is 4.90 Å². The zero-order chi connectivity index (χ0) is 31.5. The lowest BCUT2D eigenvalue weighted by Gasteiger charge is -2.39. The third kappa shape index (κ3) is 6.39. The quantitative estimate of drug-likeness (QED) is 0.321. The number of benzene rings is 1. The van der Waals surface area contributed by atoms with Crippen LogP contribution in [0.25, 0.3) is 17.3 Å². The largest absolute Gasteiger partial charge is 0.366 e. The molecule has 2 saturated heterocycles. The minimum absolute atomic E-state index is 0.0555. The predicted octanol–water partition coefficient (Wildman–Crippen LogP) is 5.19. The van der Waals surface area contributed by atoms with E-state index in [1.165, 1.54) is 23.5 Å². The summed E-state index contributed by atoms with van der Waals surface area (Å²) < 4.78 is 30.4. The van der Waals surface area contributed by atoms with Crippen molar-refractivity contribution in [1.82, 2.24) is 29.5 Å². The number of piperidine rings is 1. The van der Waals surface area contributed by atoms with Crippen LogP contribution in [0.4, 0.5) is 19.6 Å². The predicted molar refractivity (Wildman–Crippen MR) is 169 cm³/mol. The molecule has 0 bridgehead atoms. The SMILES string of the molecule is C=C(F)/C(=C\c1c(N(C)c2nc(-c3ccc(F)cc3)c(C#N)s2)c(CC)nn1C)N1CCN(C(=O)C2CCN(C)CC2)CC1.